The molecule has 27 heavy (non-hydrogen) atoms. The standard InChI is InChI=1S/C19H19Br2NO5/c1-10(2)14-7-13(3-4-17(14)25)27-18-15(20)5-12(6-16(18)21)22-19(26)11(8-23)9-24/h3-8,10-11,24-25H,9H2,1-2H3,(H,22,26). The number of amides is 1. The van der Waals surface area contributed by atoms with E-state index in [1.54, 1.807) is 30.3 Å². The Morgan fingerprint density at radius 3 is 2.37 bits per heavy atom. The van der Waals surface area contributed by atoms with E-state index < -0.39 is 18.4 Å². The lowest BCUT2D eigenvalue weighted by molar-refractivity contribution is -0.126. The van der Waals surface area contributed by atoms with Crippen molar-refractivity contribution in [3.8, 4) is 17.2 Å². The molecule has 0 fully saturated rings. The van der Waals surface area contributed by atoms with Gasteiger partial charge in [-0.2, -0.15) is 0 Å². The number of benzene rings is 2. The number of aromatic hydroxyl groups is 1. The monoisotopic (exact) mass is 499 g/mol. The first-order valence-electron chi connectivity index (χ1n) is 8.13. The van der Waals surface area contributed by atoms with Gasteiger partial charge in [-0.05, 0) is 68.1 Å². The molecule has 0 saturated carbocycles. The highest BCUT2D eigenvalue weighted by atomic mass is 79.9. The van der Waals surface area contributed by atoms with E-state index in [-0.39, 0.29) is 11.7 Å². The molecule has 2 aromatic carbocycles. The Labute approximate surface area is 173 Å². The number of phenols is 1. The lowest BCUT2D eigenvalue weighted by Gasteiger charge is -2.15. The molecule has 0 aliphatic rings. The van der Waals surface area contributed by atoms with Crippen LogP contribution >= 0.6 is 31.9 Å². The van der Waals surface area contributed by atoms with Crippen molar-refractivity contribution in [2.24, 2.45) is 5.92 Å². The Morgan fingerprint density at radius 1 is 1.22 bits per heavy atom. The lowest BCUT2D eigenvalue weighted by atomic mass is 10.0. The topological polar surface area (TPSA) is 95.9 Å². The van der Waals surface area contributed by atoms with Crippen molar-refractivity contribution in [3.63, 3.8) is 0 Å². The summed E-state index contributed by atoms with van der Waals surface area (Å²) in [6.45, 7) is 3.39. The number of rotatable bonds is 7. The van der Waals surface area contributed by atoms with Crippen molar-refractivity contribution in [1.82, 2.24) is 0 Å². The summed E-state index contributed by atoms with van der Waals surface area (Å²) >= 11 is 6.81. The molecule has 0 aromatic heterocycles. The fourth-order valence-corrected chi connectivity index (χ4v) is 3.68. The first-order chi connectivity index (χ1) is 12.8. The molecule has 1 unspecified atom stereocenters. The number of carbonyl (C=O) groups excluding carboxylic acids is 2. The van der Waals surface area contributed by atoms with Crippen molar-refractivity contribution in [2.45, 2.75) is 19.8 Å². The van der Waals surface area contributed by atoms with E-state index in [4.69, 9.17) is 9.84 Å². The Balaban J connectivity index is 2.26. The summed E-state index contributed by atoms with van der Waals surface area (Å²) in [5, 5.41) is 21.5. The van der Waals surface area contributed by atoms with Crippen LogP contribution in [0, 0.1) is 5.92 Å². The predicted molar refractivity (Wildman–Crippen MR) is 109 cm³/mol. The average Bonchev–Trinajstić information content (AvgIpc) is 2.60. The highest BCUT2D eigenvalue weighted by Crippen LogP contribution is 2.40. The first kappa shape index (κ1) is 21.4. The zero-order chi connectivity index (χ0) is 20.1. The maximum atomic E-state index is 11.9. The number of aldehydes is 1. The molecule has 2 aromatic rings. The predicted octanol–water partition coefficient (Wildman–Crippen LogP) is 4.58. The van der Waals surface area contributed by atoms with Crippen LogP contribution in [-0.4, -0.2) is 29.0 Å². The van der Waals surface area contributed by atoms with Gasteiger partial charge in [-0.1, -0.05) is 13.8 Å². The molecule has 0 heterocycles. The number of nitrogens with one attached hydrogen (secondary N) is 1. The molecule has 0 radical (unpaired) electrons. The van der Waals surface area contributed by atoms with Crippen LogP contribution in [0.3, 0.4) is 0 Å². The third-order valence-electron chi connectivity index (χ3n) is 3.80. The van der Waals surface area contributed by atoms with E-state index in [0.717, 1.165) is 5.56 Å². The highest BCUT2D eigenvalue weighted by Gasteiger charge is 2.18. The van der Waals surface area contributed by atoms with Crippen LogP contribution in [-0.2, 0) is 9.59 Å². The van der Waals surface area contributed by atoms with Crippen LogP contribution in [0.5, 0.6) is 17.2 Å². The third-order valence-corrected chi connectivity index (χ3v) is 4.98. The van der Waals surface area contributed by atoms with Gasteiger partial charge in [-0.25, -0.2) is 0 Å². The fraction of sp³-hybridized carbons (Fsp3) is 0.263. The minimum atomic E-state index is -1.12. The van der Waals surface area contributed by atoms with Gasteiger partial charge in [0.15, 0.2) is 5.75 Å². The number of aliphatic hydroxyl groups excluding tert-OH is 1. The minimum absolute atomic E-state index is 0.135. The highest BCUT2D eigenvalue weighted by molar-refractivity contribution is 9.11. The van der Waals surface area contributed by atoms with Gasteiger partial charge < -0.3 is 25.1 Å². The van der Waals surface area contributed by atoms with Crippen molar-refractivity contribution in [1.29, 1.82) is 0 Å². The minimum Gasteiger partial charge on any atom is -0.508 e. The van der Waals surface area contributed by atoms with E-state index >= 15 is 0 Å². The third kappa shape index (κ3) is 5.31. The molecule has 0 aliphatic carbocycles. The molecule has 2 rings (SSSR count). The Hall–Kier alpha value is -1.90. The Morgan fingerprint density at radius 2 is 1.85 bits per heavy atom. The van der Waals surface area contributed by atoms with Gasteiger partial charge in [-0.15, -0.1) is 0 Å². The number of hydrogen-bond donors (Lipinski definition) is 3. The number of halogens is 2. The summed E-state index contributed by atoms with van der Waals surface area (Å²) in [5.41, 5.74) is 1.20. The molecule has 0 spiro atoms. The number of hydrogen-bond acceptors (Lipinski definition) is 5. The number of anilines is 1. The summed E-state index contributed by atoms with van der Waals surface area (Å²) in [4.78, 5) is 22.7. The molecule has 0 bridgehead atoms. The maximum absolute atomic E-state index is 11.9. The molecule has 0 aliphatic heterocycles. The summed E-state index contributed by atoms with van der Waals surface area (Å²) < 4.78 is 7.06. The van der Waals surface area contributed by atoms with Crippen LogP contribution in [0.1, 0.15) is 25.3 Å². The number of aliphatic hydroxyl groups is 1. The van der Waals surface area contributed by atoms with E-state index in [0.29, 0.717) is 32.4 Å². The van der Waals surface area contributed by atoms with Gasteiger partial charge in [0.2, 0.25) is 5.91 Å². The Bertz CT molecular complexity index is 831. The molecule has 0 saturated heterocycles. The Kier molecular flexibility index (Phi) is 7.41. The second-order valence-electron chi connectivity index (χ2n) is 6.16. The second-order valence-corrected chi connectivity index (χ2v) is 7.87. The van der Waals surface area contributed by atoms with Crippen molar-refractivity contribution in [2.75, 3.05) is 11.9 Å². The van der Waals surface area contributed by atoms with Gasteiger partial charge in [0.1, 0.15) is 23.7 Å². The summed E-state index contributed by atoms with van der Waals surface area (Å²) in [5.74, 6) is -0.332. The second kappa shape index (κ2) is 9.34. The maximum Gasteiger partial charge on any atom is 0.237 e. The molecule has 3 N–H and O–H groups in total. The van der Waals surface area contributed by atoms with Crippen molar-refractivity contribution < 1.29 is 24.5 Å². The quantitative estimate of drug-likeness (QED) is 0.382. The number of ether oxygens (including phenoxy) is 1. The fourth-order valence-electron chi connectivity index (χ4n) is 2.33. The largest absolute Gasteiger partial charge is 0.508 e. The molecule has 144 valence electrons. The average molecular weight is 501 g/mol. The van der Waals surface area contributed by atoms with Crippen LogP contribution in [0.25, 0.3) is 0 Å². The van der Waals surface area contributed by atoms with Gasteiger partial charge in [0, 0.05) is 11.3 Å². The van der Waals surface area contributed by atoms with Gasteiger partial charge in [0.25, 0.3) is 0 Å². The molecule has 8 heteroatoms. The summed E-state index contributed by atoms with van der Waals surface area (Å²) in [6, 6.07) is 8.26. The SMILES string of the molecule is CC(C)c1cc(Oc2c(Br)cc(NC(=O)C(C=O)CO)cc2Br)ccc1O. The molecule has 6 nitrogen and oxygen atoms in total. The zero-order valence-electron chi connectivity index (χ0n) is 14.7. The normalized spacial score (nSPS) is 11.9. The molecular weight excluding hydrogens is 482 g/mol. The van der Waals surface area contributed by atoms with E-state index in [2.05, 4.69) is 37.2 Å². The lowest BCUT2D eigenvalue weighted by Crippen LogP contribution is -2.26. The van der Waals surface area contributed by atoms with Crippen molar-refractivity contribution in [3.05, 3.63) is 44.8 Å². The summed E-state index contributed by atoms with van der Waals surface area (Å²) in [7, 11) is 0. The molecule has 1 amide bonds. The molecule has 1 atom stereocenters. The summed E-state index contributed by atoms with van der Waals surface area (Å²) in [6.07, 6.45) is 0.397. The van der Waals surface area contributed by atoms with E-state index in [1.165, 1.54) is 0 Å². The zero-order valence-corrected chi connectivity index (χ0v) is 17.9. The van der Waals surface area contributed by atoms with Gasteiger partial charge in [-0.3, -0.25) is 4.79 Å². The number of phenolic OH excluding ortho intramolecular Hbond substituents is 1. The van der Waals surface area contributed by atoms with E-state index in [1.807, 2.05) is 13.8 Å². The van der Waals surface area contributed by atoms with Crippen LogP contribution in [0.15, 0.2) is 39.3 Å². The van der Waals surface area contributed by atoms with E-state index in [9.17, 15) is 14.7 Å². The number of carbonyl (C=O) groups is 2. The van der Waals surface area contributed by atoms with Gasteiger partial charge in [0.05, 0.1) is 15.6 Å². The van der Waals surface area contributed by atoms with Crippen molar-refractivity contribution >= 4 is 49.7 Å². The smallest absolute Gasteiger partial charge is 0.237 e. The first-order valence-corrected chi connectivity index (χ1v) is 9.72. The van der Waals surface area contributed by atoms with Crippen LogP contribution in [0.2, 0.25) is 0 Å². The molecular formula is C19H19Br2NO5. The van der Waals surface area contributed by atoms with Crippen LogP contribution < -0.4 is 10.1 Å². The van der Waals surface area contributed by atoms with Gasteiger partial charge >= 0.3 is 0 Å². The van der Waals surface area contributed by atoms with Crippen LogP contribution in [0.4, 0.5) is 5.69 Å².